The highest BCUT2D eigenvalue weighted by Crippen LogP contribution is 2.29. The van der Waals surface area contributed by atoms with E-state index in [2.05, 4.69) is 15.6 Å². The quantitative estimate of drug-likeness (QED) is 0.827. The van der Waals surface area contributed by atoms with Gasteiger partial charge in [-0.15, -0.1) is 0 Å². The molecule has 144 valence electrons. The van der Waals surface area contributed by atoms with E-state index in [1.165, 1.54) is 24.3 Å². The first-order valence-electron chi connectivity index (χ1n) is 8.30. The molecule has 0 radical (unpaired) electrons. The number of anilines is 1. The molecule has 1 aromatic carbocycles. The van der Waals surface area contributed by atoms with Gasteiger partial charge >= 0.3 is 6.18 Å². The number of hydrogen-bond acceptors (Lipinski definition) is 3. The van der Waals surface area contributed by atoms with Crippen molar-refractivity contribution in [3.63, 3.8) is 0 Å². The summed E-state index contributed by atoms with van der Waals surface area (Å²) in [5.74, 6) is -0.704. The van der Waals surface area contributed by atoms with Crippen LogP contribution in [-0.2, 0) is 17.5 Å². The van der Waals surface area contributed by atoms with Gasteiger partial charge in [-0.2, -0.15) is 13.2 Å². The van der Waals surface area contributed by atoms with Gasteiger partial charge in [-0.25, -0.2) is 4.98 Å². The van der Waals surface area contributed by atoms with Crippen molar-refractivity contribution in [3.8, 4) is 0 Å². The minimum Gasteiger partial charge on any atom is -0.348 e. The van der Waals surface area contributed by atoms with Gasteiger partial charge in [0.1, 0.15) is 5.82 Å². The number of halogens is 3. The molecule has 5 nitrogen and oxygen atoms in total. The maximum Gasteiger partial charge on any atom is 0.416 e. The highest BCUT2D eigenvalue weighted by atomic mass is 19.4. The molecule has 1 heterocycles. The lowest BCUT2D eigenvalue weighted by atomic mass is 10.1. The lowest BCUT2D eigenvalue weighted by Crippen LogP contribution is -2.24. The number of nitrogens with zero attached hydrogens (tertiary/aromatic N) is 1. The van der Waals surface area contributed by atoms with Crippen LogP contribution in [0.3, 0.4) is 0 Å². The first kappa shape index (κ1) is 20.4. The molecule has 0 unspecified atom stereocenters. The van der Waals surface area contributed by atoms with Crippen LogP contribution in [0.4, 0.5) is 19.0 Å². The van der Waals surface area contributed by atoms with Crippen molar-refractivity contribution < 1.29 is 22.8 Å². The monoisotopic (exact) mass is 379 g/mol. The maximum atomic E-state index is 12.8. The van der Waals surface area contributed by atoms with Crippen LogP contribution < -0.4 is 10.6 Å². The van der Waals surface area contributed by atoms with Gasteiger partial charge in [-0.05, 0) is 36.8 Å². The molecule has 0 atom stereocenters. The Bertz CT molecular complexity index is 848. The van der Waals surface area contributed by atoms with Crippen molar-refractivity contribution >= 4 is 17.6 Å². The zero-order valence-corrected chi connectivity index (χ0v) is 15.1. The highest BCUT2D eigenvalue weighted by molar-refractivity contribution is 5.97. The number of nitrogens with one attached hydrogen (secondary N) is 2. The molecule has 0 saturated heterocycles. The standard InChI is InChI=1S/C19H20F3N3O2/c1-11(2)17(26)25-16-9-14(7-12(3)24-16)18(27)23-10-13-5-4-6-15(8-13)19(20,21)22/h4-9,11H,10H2,1-3H3,(H,23,27)(H,24,25,26). The van der Waals surface area contributed by atoms with Crippen molar-refractivity contribution in [2.24, 2.45) is 5.92 Å². The molecule has 2 rings (SSSR count). The van der Waals surface area contributed by atoms with Crippen LogP contribution >= 0.6 is 0 Å². The van der Waals surface area contributed by atoms with Crippen molar-refractivity contribution in [1.82, 2.24) is 10.3 Å². The van der Waals surface area contributed by atoms with Gasteiger partial charge in [0.15, 0.2) is 0 Å². The second-order valence-electron chi connectivity index (χ2n) is 6.41. The average Bonchev–Trinajstić information content (AvgIpc) is 2.58. The van der Waals surface area contributed by atoms with E-state index in [0.717, 1.165) is 12.1 Å². The Morgan fingerprint density at radius 3 is 2.48 bits per heavy atom. The highest BCUT2D eigenvalue weighted by Gasteiger charge is 2.30. The van der Waals surface area contributed by atoms with Gasteiger partial charge in [-0.1, -0.05) is 26.0 Å². The van der Waals surface area contributed by atoms with E-state index in [1.807, 2.05) is 0 Å². The molecule has 0 aliphatic rings. The molecular weight excluding hydrogens is 359 g/mol. The van der Waals surface area contributed by atoms with Gasteiger partial charge in [-0.3, -0.25) is 9.59 Å². The van der Waals surface area contributed by atoms with E-state index in [0.29, 0.717) is 11.3 Å². The fourth-order valence-electron chi connectivity index (χ4n) is 2.28. The number of benzene rings is 1. The predicted molar refractivity (Wildman–Crippen MR) is 95.1 cm³/mol. The van der Waals surface area contributed by atoms with Crippen LogP contribution in [0.25, 0.3) is 0 Å². The molecule has 0 aliphatic heterocycles. The summed E-state index contributed by atoms with van der Waals surface area (Å²) in [4.78, 5) is 28.3. The molecule has 0 aliphatic carbocycles. The normalized spacial score (nSPS) is 11.4. The van der Waals surface area contributed by atoms with Crippen LogP contribution in [0.1, 0.15) is 41.0 Å². The van der Waals surface area contributed by atoms with Crippen molar-refractivity contribution in [1.29, 1.82) is 0 Å². The van der Waals surface area contributed by atoms with Gasteiger partial charge in [0.05, 0.1) is 5.56 Å². The summed E-state index contributed by atoms with van der Waals surface area (Å²) in [5.41, 5.74) is 0.347. The van der Waals surface area contributed by atoms with Gasteiger partial charge in [0.25, 0.3) is 5.91 Å². The molecule has 0 bridgehead atoms. The second kappa shape index (κ2) is 8.20. The van der Waals surface area contributed by atoms with E-state index in [9.17, 15) is 22.8 Å². The molecule has 2 amide bonds. The van der Waals surface area contributed by atoms with E-state index >= 15 is 0 Å². The van der Waals surface area contributed by atoms with Crippen molar-refractivity contribution in [2.45, 2.75) is 33.5 Å². The fourth-order valence-corrected chi connectivity index (χ4v) is 2.28. The number of aryl methyl sites for hydroxylation is 1. The Morgan fingerprint density at radius 2 is 1.85 bits per heavy atom. The number of rotatable bonds is 5. The second-order valence-corrected chi connectivity index (χ2v) is 6.41. The minimum atomic E-state index is -4.44. The SMILES string of the molecule is Cc1cc(C(=O)NCc2cccc(C(F)(F)F)c2)cc(NC(=O)C(C)C)n1. The molecule has 2 N–H and O–H groups in total. The summed E-state index contributed by atoms with van der Waals surface area (Å²) in [6.45, 7) is 5.08. The van der Waals surface area contributed by atoms with Crippen LogP contribution in [0.5, 0.6) is 0 Å². The third kappa shape index (κ3) is 5.80. The fraction of sp³-hybridized carbons (Fsp3) is 0.316. The summed E-state index contributed by atoms with van der Waals surface area (Å²) in [6, 6.07) is 7.72. The summed E-state index contributed by atoms with van der Waals surface area (Å²) < 4.78 is 38.3. The smallest absolute Gasteiger partial charge is 0.348 e. The third-order valence-electron chi connectivity index (χ3n) is 3.70. The van der Waals surface area contributed by atoms with Gasteiger partial charge in [0.2, 0.25) is 5.91 Å². The van der Waals surface area contributed by atoms with E-state index < -0.39 is 17.6 Å². The number of aromatic nitrogens is 1. The zero-order chi connectivity index (χ0) is 20.2. The summed E-state index contributed by atoms with van der Waals surface area (Å²) in [7, 11) is 0. The largest absolute Gasteiger partial charge is 0.416 e. The topological polar surface area (TPSA) is 71.1 Å². The Labute approximate surface area is 155 Å². The summed E-state index contributed by atoms with van der Waals surface area (Å²) >= 11 is 0. The Kier molecular flexibility index (Phi) is 6.20. The first-order chi connectivity index (χ1) is 12.6. The molecule has 0 fully saturated rings. The number of hydrogen-bond donors (Lipinski definition) is 2. The molecule has 1 aromatic heterocycles. The Balaban J connectivity index is 2.10. The third-order valence-corrected chi connectivity index (χ3v) is 3.70. The molecule has 8 heteroatoms. The van der Waals surface area contributed by atoms with Crippen molar-refractivity contribution in [2.75, 3.05) is 5.32 Å². The minimum absolute atomic E-state index is 0.0577. The summed E-state index contributed by atoms with van der Waals surface area (Å²) in [5, 5.41) is 5.20. The summed E-state index contributed by atoms with van der Waals surface area (Å²) in [6.07, 6.45) is -4.44. The molecule has 2 aromatic rings. The number of amides is 2. The van der Waals surface area contributed by atoms with Crippen LogP contribution in [-0.4, -0.2) is 16.8 Å². The molecule has 0 spiro atoms. The zero-order valence-electron chi connectivity index (χ0n) is 15.1. The average molecular weight is 379 g/mol. The maximum absolute atomic E-state index is 12.8. The van der Waals surface area contributed by atoms with Crippen LogP contribution in [0.2, 0.25) is 0 Å². The van der Waals surface area contributed by atoms with E-state index in [4.69, 9.17) is 0 Å². The predicted octanol–water partition coefficient (Wildman–Crippen LogP) is 3.93. The Morgan fingerprint density at radius 1 is 1.15 bits per heavy atom. The number of carbonyl (C=O) groups excluding carboxylic acids is 2. The number of pyridine rings is 1. The molecular formula is C19H20F3N3O2. The number of carbonyl (C=O) groups is 2. The Hall–Kier alpha value is -2.90. The lowest BCUT2D eigenvalue weighted by Gasteiger charge is -2.11. The lowest BCUT2D eigenvalue weighted by molar-refractivity contribution is -0.137. The van der Waals surface area contributed by atoms with E-state index in [1.54, 1.807) is 20.8 Å². The number of alkyl halides is 3. The van der Waals surface area contributed by atoms with Crippen LogP contribution in [0, 0.1) is 12.8 Å². The van der Waals surface area contributed by atoms with E-state index in [-0.39, 0.29) is 29.8 Å². The molecule has 27 heavy (non-hydrogen) atoms. The van der Waals surface area contributed by atoms with Crippen molar-refractivity contribution in [3.05, 3.63) is 58.8 Å². The van der Waals surface area contributed by atoms with Gasteiger partial charge in [0, 0.05) is 23.7 Å². The van der Waals surface area contributed by atoms with Crippen LogP contribution in [0.15, 0.2) is 36.4 Å². The first-order valence-corrected chi connectivity index (χ1v) is 8.30. The molecule has 0 saturated carbocycles. The van der Waals surface area contributed by atoms with Gasteiger partial charge < -0.3 is 10.6 Å².